The van der Waals surface area contributed by atoms with E-state index in [0.29, 0.717) is 41.0 Å². The van der Waals surface area contributed by atoms with E-state index in [0.717, 1.165) is 16.9 Å². The van der Waals surface area contributed by atoms with E-state index in [-0.39, 0.29) is 17.2 Å². The van der Waals surface area contributed by atoms with Gasteiger partial charge in [-0.1, -0.05) is 60.7 Å². The lowest BCUT2D eigenvalue weighted by atomic mass is 9.98. The number of non-ortho nitro benzene ring substituents is 1. The summed E-state index contributed by atoms with van der Waals surface area (Å²) in [5, 5.41) is 16.6. The van der Waals surface area contributed by atoms with Crippen LogP contribution in [0.5, 0.6) is 0 Å². The van der Waals surface area contributed by atoms with Gasteiger partial charge in [0.2, 0.25) is 0 Å². The molecular weight excluding hydrogens is 705 g/mol. The second-order valence-corrected chi connectivity index (χ2v) is 13.2. The van der Waals surface area contributed by atoms with Crippen LogP contribution in [0.25, 0.3) is 22.3 Å². The molecule has 2 atom stereocenters. The van der Waals surface area contributed by atoms with Gasteiger partial charge in [0.1, 0.15) is 12.1 Å². The predicted molar refractivity (Wildman–Crippen MR) is 207 cm³/mol. The van der Waals surface area contributed by atoms with Crippen molar-refractivity contribution >= 4 is 58.7 Å². The van der Waals surface area contributed by atoms with E-state index in [2.05, 4.69) is 10.6 Å². The Hall–Kier alpha value is -5.34. The van der Waals surface area contributed by atoms with E-state index < -0.39 is 34.9 Å². The molecule has 0 saturated carbocycles. The number of hydrogen-bond donors (Lipinski definition) is 3. The number of ether oxygens (including phenoxy) is 2. The number of nitrogen functional groups attached to an aromatic ring is 1. The van der Waals surface area contributed by atoms with Crippen LogP contribution in [0.15, 0.2) is 97.1 Å². The SMILES string of the molecule is COC(=O)[C@H](CCSC)NC(=O)c1ccc(N)cc1-c1ccccc1.COC(=O)[C@H](CCSC)NC(=O)c1ccc([N+](=O)[O-])cc1-c1ccccc1. The highest BCUT2D eigenvalue weighted by molar-refractivity contribution is 7.98. The number of benzene rings is 4. The minimum Gasteiger partial charge on any atom is -0.467 e. The average molecular weight is 747 g/mol. The summed E-state index contributed by atoms with van der Waals surface area (Å²) in [6.07, 6.45) is 4.78. The van der Waals surface area contributed by atoms with Crippen LogP contribution in [0.2, 0.25) is 0 Å². The molecule has 0 unspecified atom stereocenters. The summed E-state index contributed by atoms with van der Waals surface area (Å²) in [6, 6.07) is 26.1. The van der Waals surface area contributed by atoms with Gasteiger partial charge in [-0.3, -0.25) is 19.7 Å². The fourth-order valence-corrected chi connectivity index (χ4v) is 5.99. The molecular formula is C38H42N4O8S2. The normalized spacial score (nSPS) is 11.5. The van der Waals surface area contributed by atoms with Gasteiger partial charge in [-0.25, -0.2) is 9.59 Å². The third kappa shape index (κ3) is 11.9. The number of nitrogens with two attached hydrogens (primary N) is 1. The second-order valence-electron chi connectivity index (χ2n) is 11.2. The molecule has 0 spiro atoms. The topological polar surface area (TPSA) is 180 Å². The van der Waals surface area contributed by atoms with Gasteiger partial charge in [-0.05, 0) is 77.8 Å². The number of esters is 2. The van der Waals surface area contributed by atoms with Gasteiger partial charge >= 0.3 is 11.9 Å². The van der Waals surface area contributed by atoms with Gasteiger partial charge in [-0.2, -0.15) is 23.5 Å². The fourth-order valence-electron chi connectivity index (χ4n) is 5.04. The Balaban J connectivity index is 0.000000281. The Bertz CT molecular complexity index is 1830. The molecule has 0 aliphatic carbocycles. The lowest BCUT2D eigenvalue weighted by Gasteiger charge is -2.17. The van der Waals surface area contributed by atoms with Gasteiger partial charge in [0, 0.05) is 34.5 Å². The first kappa shape index (κ1) is 41.1. The van der Waals surface area contributed by atoms with Crippen LogP contribution in [0.4, 0.5) is 11.4 Å². The highest BCUT2D eigenvalue weighted by Gasteiger charge is 2.25. The maximum atomic E-state index is 12.8. The maximum Gasteiger partial charge on any atom is 0.328 e. The molecule has 52 heavy (non-hydrogen) atoms. The number of amides is 2. The number of nitro benzene ring substituents is 1. The second kappa shape index (κ2) is 21.1. The molecule has 4 aromatic carbocycles. The Labute approximate surface area is 311 Å². The predicted octanol–water partition coefficient (Wildman–Crippen LogP) is 6.25. The Kier molecular flexibility index (Phi) is 16.7. The van der Waals surface area contributed by atoms with Crippen molar-refractivity contribution in [1.82, 2.24) is 10.6 Å². The molecule has 274 valence electrons. The minimum atomic E-state index is -0.784. The zero-order valence-corrected chi connectivity index (χ0v) is 31.0. The number of thioether (sulfide) groups is 2. The quantitative estimate of drug-likeness (QED) is 0.0542. The van der Waals surface area contributed by atoms with Crippen LogP contribution < -0.4 is 16.4 Å². The van der Waals surface area contributed by atoms with E-state index in [1.54, 1.807) is 66.0 Å². The van der Waals surface area contributed by atoms with Gasteiger partial charge < -0.3 is 25.8 Å². The molecule has 0 aromatic heterocycles. The Morgan fingerprint density at radius 3 is 1.52 bits per heavy atom. The lowest BCUT2D eigenvalue weighted by molar-refractivity contribution is -0.384. The molecule has 4 N–H and O–H groups in total. The Morgan fingerprint density at radius 1 is 0.692 bits per heavy atom. The van der Waals surface area contributed by atoms with Gasteiger partial charge in [0.25, 0.3) is 17.5 Å². The molecule has 0 radical (unpaired) electrons. The van der Waals surface area contributed by atoms with E-state index in [1.165, 1.54) is 32.4 Å². The third-order valence-electron chi connectivity index (χ3n) is 7.72. The van der Waals surface area contributed by atoms with Crippen molar-refractivity contribution in [2.45, 2.75) is 24.9 Å². The first-order chi connectivity index (χ1) is 25.0. The van der Waals surface area contributed by atoms with Crippen molar-refractivity contribution in [3.05, 3.63) is 118 Å². The summed E-state index contributed by atoms with van der Waals surface area (Å²) in [5.41, 5.74) is 9.79. The first-order valence-electron chi connectivity index (χ1n) is 16.1. The van der Waals surface area contributed by atoms with Crippen molar-refractivity contribution < 1.29 is 33.6 Å². The summed E-state index contributed by atoms with van der Waals surface area (Å²) in [4.78, 5) is 60.1. The monoisotopic (exact) mass is 746 g/mol. The summed E-state index contributed by atoms with van der Waals surface area (Å²) in [5.74, 6) is -0.366. The molecule has 0 aliphatic heterocycles. The molecule has 0 aliphatic rings. The Morgan fingerprint density at radius 2 is 1.12 bits per heavy atom. The van der Waals surface area contributed by atoms with E-state index in [9.17, 15) is 29.3 Å². The molecule has 0 bridgehead atoms. The van der Waals surface area contributed by atoms with Crippen LogP contribution in [0.1, 0.15) is 33.6 Å². The van der Waals surface area contributed by atoms with Crippen LogP contribution in [-0.4, -0.2) is 79.0 Å². The number of nitrogens with one attached hydrogen (secondary N) is 2. The van der Waals surface area contributed by atoms with E-state index >= 15 is 0 Å². The first-order valence-corrected chi connectivity index (χ1v) is 18.9. The molecule has 4 aromatic rings. The lowest BCUT2D eigenvalue weighted by Crippen LogP contribution is -2.42. The summed E-state index contributed by atoms with van der Waals surface area (Å²) < 4.78 is 9.56. The fraction of sp³-hybridized carbons (Fsp3) is 0.263. The van der Waals surface area contributed by atoms with Crippen LogP contribution in [0.3, 0.4) is 0 Å². The van der Waals surface area contributed by atoms with Crippen molar-refractivity contribution in [2.75, 3.05) is 44.0 Å². The van der Waals surface area contributed by atoms with Crippen LogP contribution >= 0.6 is 23.5 Å². The van der Waals surface area contributed by atoms with Crippen molar-refractivity contribution in [3.8, 4) is 22.3 Å². The number of carbonyl (C=O) groups is 4. The van der Waals surface area contributed by atoms with Crippen molar-refractivity contribution in [1.29, 1.82) is 0 Å². The maximum absolute atomic E-state index is 12.8. The zero-order chi connectivity index (χ0) is 38.0. The largest absolute Gasteiger partial charge is 0.467 e. The summed E-state index contributed by atoms with van der Waals surface area (Å²) in [7, 11) is 2.58. The molecule has 0 heterocycles. The standard InChI is InChI=1S/C19H20N2O5S.C19H22N2O3S/c1-26-19(23)17(10-11-27-2)20-18(22)15-9-8-14(21(24)25)12-16(15)13-6-4-3-5-7-13;1-24-19(23)17(10-11-25-2)21-18(22)15-9-8-14(20)12-16(15)13-6-4-3-5-7-13/h3-9,12,17H,10-11H2,1-2H3,(H,20,22);3-9,12,17H,10-11,20H2,1-2H3,(H,21,22)/t2*17-/m00/s1. The highest BCUT2D eigenvalue weighted by Crippen LogP contribution is 2.29. The number of rotatable bonds is 15. The number of methoxy groups -OCH3 is 2. The van der Waals surface area contributed by atoms with Crippen molar-refractivity contribution in [3.63, 3.8) is 0 Å². The molecule has 12 nitrogen and oxygen atoms in total. The van der Waals surface area contributed by atoms with Gasteiger partial charge in [0.05, 0.1) is 19.1 Å². The average Bonchev–Trinajstić information content (AvgIpc) is 3.17. The van der Waals surface area contributed by atoms with Gasteiger partial charge in [0.15, 0.2) is 0 Å². The third-order valence-corrected chi connectivity index (χ3v) is 9.01. The number of carbonyl (C=O) groups excluding carboxylic acids is 4. The number of nitrogens with zero attached hydrogens (tertiary/aromatic N) is 1. The smallest absolute Gasteiger partial charge is 0.328 e. The van der Waals surface area contributed by atoms with E-state index in [4.69, 9.17) is 15.2 Å². The zero-order valence-electron chi connectivity index (χ0n) is 29.3. The highest BCUT2D eigenvalue weighted by atomic mass is 32.2. The molecule has 0 saturated heterocycles. The number of anilines is 1. The molecule has 4 rings (SSSR count). The van der Waals surface area contributed by atoms with Crippen LogP contribution in [0, 0.1) is 10.1 Å². The number of hydrogen-bond acceptors (Lipinski definition) is 11. The summed E-state index contributed by atoms with van der Waals surface area (Å²) in [6.45, 7) is 0. The van der Waals surface area contributed by atoms with Crippen LogP contribution in [-0.2, 0) is 19.1 Å². The molecule has 14 heteroatoms. The van der Waals surface area contributed by atoms with Gasteiger partial charge in [-0.15, -0.1) is 0 Å². The van der Waals surface area contributed by atoms with Crippen molar-refractivity contribution in [2.24, 2.45) is 0 Å². The number of nitro groups is 1. The minimum absolute atomic E-state index is 0.114. The molecule has 2 amide bonds. The summed E-state index contributed by atoms with van der Waals surface area (Å²) >= 11 is 3.16. The molecule has 0 fully saturated rings. The van der Waals surface area contributed by atoms with E-state index in [1.807, 2.05) is 48.9 Å².